The van der Waals surface area contributed by atoms with Crippen molar-refractivity contribution < 1.29 is 99.0 Å². The van der Waals surface area contributed by atoms with Crippen LogP contribution in [0.15, 0.2) is 374 Å². The van der Waals surface area contributed by atoms with Crippen LogP contribution in [0.1, 0.15) is 193 Å². The highest BCUT2D eigenvalue weighted by atomic mass is 16.4. The van der Waals surface area contributed by atoms with Crippen molar-refractivity contribution in [3.63, 3.8) is 0 Å². The summed E-state index contributed by atoms with van der Waals surface area (Å²) in [7, 11) is 0. The third-order valence-electron chi connectivity index (χ3n) is 20.7. The molecule has 4 aromatic heterocycles. The molecule has 17 aromatic rings. The van der Waals surface area contributed by atoms with E-state index < -0.39 is 59.7 Å². The molecule has 0 bridgehead atoms. The first kappa shape index (κ1) is 103. The molecule has 148 heavy (non-hydrogen) atoms. The molecule has 0 unspecified atom stereocenters. The van der Waals surface area contributed by atoms with Crippen LogP contribution in [-0.4, -0.2) is 143 Å². The van der Waals surface area contributed by atoms with Gasteiger partial charge in [0.2, 0.25) is 0 Å². The Morgan fingerprint density at radius 3 is 0.784 bits per heavy atom. The number of aromatic carboxylic acids is 10. The first-order valence-electron chi connectivity index (χ1n) is 44.3. The normalized spacial score (nSPS) is 10.1. The second-order valence-electron chi connectivity index (χ2n) is 31.5. The Balaban J connectivity index is 0.000000155. The maximum absolute atomic E-state index is 11.1. The number of nitrogens with one attached hydrogen (secondary N) is 2. The van der Waals surface area contributed by atoms with Crippen molar-refractivity contribution in [1.29, 1.82) is 0 Å². The second-order valence-corrected chi connectivity index (χ2v) is 31.5. The number of hydrogen-bond donors (Lipinski definition) is 12. The Morgan fingerprint density at radius 2 is 0.466 bits per heavy atom. The van der Waals surface area contributed by atoms with Gasteiger partial charge in [-0.25, -0.2) is 67.9 Å². The molecule has 0 radical (unpaired) electrons. The fraction of sp³-hybridized carbons (Fsp3) is 0.0167. The largest absolute Gasteiger partial charge is 0.478 e. The van der Waals surface area contributed by atoms with Crippen LogP contribution >= 0.6 is 0 Å². The fourth-order valence-electron chi connectivity index (χ4n) is 13.4. The zero-order valence-corrected chi connectivity index (χ0v) is 77.4. The lowest BCUT2D eigenvalue weighted by Gasteiger charge is -2.11. The molecule has 0 saturated heterocycles. The molecule has 12 N–H and O–H groups in total. The summed E-state index contributed by atoms with van der Waals surface area (Å²) in [6, 6.07) is 102. The highest BCUT2D eigenvalue weighted by molar-refractivity contribution is 5.95. The van der Waals surface area contributed by atoms with Crippen LogP contribution in [0, 0.1) is 71.0 Å². The van der Waals surface area contributed by atoms with Gasteiger partial charge in [-0.15, -0.1) is 0 Å². The molecule has 0 amide bonds. The molecule has 17 rings (SSSR count). The smallest absolute Gasteiger partial charge is 0.335 e. The summed E-state index contributed by atoms with van der Waals surface area (Å²) < 4.78 is 0. The Bertz CT molecular complexity index is 7860. The zero-order chi connectivity index (χ0) is 105. The van der Waals surface area contributed by atoms with E-state index in [1.54, 1.807) is 194 Å². The summed E-state index contributed by atoms with van der Waals surface area (Å²) in [5.74, 6) is 25.5. The topological polar surface area (TPSA) is 473 Å². The number of nitrogens with zero attached hydrogens (tertiary/aromatic N) is 6. The lowest BCUT2D eigenvalue weighted by molar-refractivity contribution is 0.0686. The van der Waals surface area contributed by atoms with Crippen molar-refractivity contribution in [2.24, 2.45) is 9.98 Å². The van der Waals surface area contributed by atoms with Crippen LogP contribution in [-0.2, 0) is 13.1 Å². The number of pyridine rings is 4. The summed E-state index contributed by atoms with van der Waals surface area (Å²) in [6.45, 7) is 1.12. The van der Waals surface area contributed by atoms with Gasteiger partial charge in [0.15, 0.2) is 5.65 Å². The van der Waals surface area contributed by atoms with Crippen molar-refractivity contribution in [2.75, 3.05) is 10.6 Å². The van der Waals surface area contributed by atoms with E-state index in [2.05, 4.69) is 112 Å². The third kappa shape index (κ3) is 32.0. The average molecular weight is 1950 g/mol. The quantitative estimate of drug-likeness (QED) is 0.0249. The van der Waals surface area contributed by atoms with Gasteiger partial charge in [0.05, 0.1) is 90.8 Å². The van der Waals surface area contributed by atoms with Crippen molar-refractivity contribution in [2.45, 2.75) is 13.1 Å². The van der Waals surface area contributed by atoms with Crippen LogP contribution in [0.25, 0.3) is 21.8 Å². The van der Waals surface area contributed by atoms with Gasteiger partial charge in [0.25, 0.3) is 0 Å². The van der Waals surface area contributed by atoms with Gasteiger partial charge in [-0.3, -0.25) is 9.98 Å². The monoisotopic (exact) mass is 1950 g/mol. The highest BCUT2D eigenvalue weighted by Gasteiger charge is 2.14. The predicted molar refractivity (Wildman–Crippen MR) is 557 cm³/mol. The number of carboxylic acid groups (broad SMARTS) is 10. The van der Waals surface area contributed by atoms with E-state index in [0.717, 1.165) is 49.8 Å². The highest BCUT2D eigenvalue weighted by Crippen LogP contribution is 2.24. The van der Waals surface area contributed by atoms with Crippen LogP contribution in [0.3, 0.4) is 0 Å². The molecule has 0 aliphatic heterocycles. The number of anilines is 2. The van der Waals surface area contributed by atoms with E-state index in [-0.39, 0.29) is 55.6 Å². The Morgan fingerprint density at radius 1 is 0.216 bits per heavy atom. The molecular formula is C120H78N8O20. The summed E-state index contributed by atoms with van der Waals surface area (Å²) >= 11 is 0. The number of carboxylic acids is 10. The maximum atomic E-state index is 11.1. The predicted octanol–water partition coefficient (Wildman–Crippen LogP) is 20.4. The van der Waals surface area contributed by atoms with Crippen molar-refractivity contribution in [1.82, 2.24) is 19.9 Å². The molecule has 0 fully saturated rings. The van der Waals surface area contributed by atoms with E-state index >= 15 is 0 Å². The molecule has 13 aromatic carbocycles. The lowest BCUT2D eigenvalue weighted by atomic mass is 10.0. The summed E-state index contributed by atoms with van der Waals surface area (Å²) in [5.41, 5.74) is 15.2. The molecule has 0 atom stereocenters. The van der Waals surface area contributed by atoms with Crippen molar-refractivity contribution >= 4 is 117 Å². The van der Waals surface area contributed by atoms with E-state index in [0.29, 0.717) is 97.7 Å². The van der Waals surface area contributed by atoms with Gasteiger partial charge in [-0.05, 0) is 300 Å². The SMILES string of the molecule is O=C(O)c1cccc(C#Cc2ccc3ccc(C#Cc4cccc(C(=O)O)c4)cc3c2)c1.O=C(O)c1cccc(C#Cc2ccc3ccc(C#Cc4cccc(C(=O)O)c4)nc3n2)c1.O=C(O)c1cccc(C#Cc2cccc(C#Cc3cccc(C(=O)O)c3)n2)c1.O=C(O)c1cccc(N=Cc2cccc(C=Nc3cccc(C(=O)O)c3)n2)c1.O=C(O)c1cccc(NCc2cccc(CNc3cccc(C(=O)O)c3)c2)c1. The molecule has 28 heteroatoms. The zero-order valence-electron chi connectivity index (χ0n) is 77.4. The molecule has 0 aliphatic carbocycles. The molecular weight excluding hydrogens is 1870 g/mol. The molecule has 718 valence electrons. The van der Waals surface area contributed by atoms with E-state index in [1.165, 1.54) is 97.4 Å². The van der Waals surface area contributed by atoms with Crippen LogP contribution in [0.5, 0.6) is 0 Å². The van der Waals surface area contributed by atoms with Gasteiger partial charge in [0, 0.05) is 74.4 Å². The van der Waals surface area contributed by atoms with Crippen molar-refractivity contribution in [3.8, 4) is 71.0 Å². The first-order chi connectivity index (χ1) is 71.5. The van der Waals surface area contributed by atoms with Crippen LogP contribution < -0.4 is 10.6 Å². The number of fused-ring (bicyclic) bond motifs is 2. The van der Waals surface area contributed by atoms with Crippen LogP contribution in [0.2, 0.25) is 0 Å². The van der Waals surface area contributed by atoms with Gasteiger partial charge in [-0.2, -0.15) is 0 Å². The number of carbonyl (C=O) groups is 10. The number of hydrogen-bond acceptors (Lipinski definition) is 18. The van der Waals surface area contributed by atoms with E-state index in [9.17, 15) is 47.9 Å². The fourth-order valence-corrected chi connectivity index (χ4v) is 13.4. The number of rotatable bonds is 20. The van der Waals surface area contributed by atoms with Crippen molar-refractivity contribution in [3.05, 3.63) is 509 Å². The average Bonchev–Trinajstić information content (AvgIpc) is 0.821. The Labute approximate surface area is 844 Å². The molecule has 4 heterocycles. The summed E-state index contributed by atoms with van der Waals surface area (Å²) in [4.78, 5) is 137. The first-order valence-corrected chi connectivity index (χ1v) is 44.3. The number of aromatic nitrogens is 4. The summed E-state index contributed by atoms with van der Waals surface area (Å²) in [5, 5.41) is 99.9. The Kier molecular flexibility index (Phi) is 35.7. The van der Waals surface area contributed by atoms with E-state index in [4.69, 9.17) is 51.1 Å². The lowest BCUT2D eigenvalue weighted by Crippen LogP contribution is -2.04. The molecule has 0 spiro atoms. The van der Waals surface area contributed by atoms with Gasteiger partial charge < -0.3 is 61.7 Å². The van der Waals surface area contributed by atoms with Gasteiger partial charge in [0.1, 0.15) is 22.8 Å². The standard InChI is InChI=1S/C28H16O4.C26H14N2O4.C23H13NO4.C22H20N2O4.C21H15N3O4/c29-27(30)24-5-1-3-19(15-24)7-9-21-11-13-23-14-12-22(18-26(23)17-21)10-8-20-4-2-6-25(16-20)28(31)32;29-25(30)20-5-1-3-17(15-20)7-11-22-13-9-19-10-14-23(28-24(19)27-22)12-8-18-4-2-6-21(16-18)26(31)32;25-22(26)18-6-1-4-16(14-18)10-12-20-8-3-9-21(24-20)13-11-17-5-2-7-19(15-17)23(27)28;25-21(26)17-6-2-8-19(11-17)23-13-15-4-1-5-16(10-15)14-24-20-9-3-7-18(12-20)22(27)28;25-20(26)14-4-1-6-16(10-14)22-12-18-8-3-9-19(24-18)13-23-17-7-2-5-15(11-17)21(27)28/h1-6,11-18H,(H,29,30)(H,31,32);1-6,9-10,13-16H,(H,29,30)(H,31,32);1-9,14-15H,(H,25,26)(H,27,28);1-12,23-24H,13-14H2,(H,25,26)(H,27,28);1-13H,(H,25,26)(H,27,28). The third-order valence-corrected chi connectivity index (χ3v) is 20.7. The second kappa shape index (κ2) is 51.1. The minimum Gasteiger partial charge on any atom is -0.478 e. The molecule has 28 nitrogen and oxygen atoms in total. The summed E-state index contributed by atoms with van der Waals surface area (Å²) in [6.07, 6.45) is 3.06. The number of aliphatic imine (C=N–C) groups is 2. The minimum absolute atomic E-state index is 0.159. The van der Waals surface area contributed by atoms with E-state index in [1.807, 2.05) is 84.9 Å². The number of benzene rings is 13. The van der Waals surface area contributed by atoms with Crippen LogP contribution in [0.4, 0.5) is 22.7 Å². The maximum Gasteiger partial charge on any atom is 0.335 e. The Hall–Kier alpha value is -22.0. The van der Waals surface area contributed by atoms with Gasteiger partial charge >= 0.3 is 59.7 Å². The van der Waals surface area contributed by atoms with Gasteiger partial charge in [-0.1, -0.05) is 157 Å². The molecule has 0 aliphatic rings. The minimum atomic E-state index is -1.01. The molecule has 0 saturated carbocycles.